The second-order valence-electron chi connectivity index (χ2n) is 10.4. The number of carbonyl (C=O) groups excluding carboxylic acids is 1. The Labute approximate surface area is 204 Å². The van der Waals surface area contributed by atoms with E-state index in [0.717, 1.165) is 19.3 Å². The Morgan fingerprint density at radius 2 is 2.06 bits per heavy atom. The number of fused-ring (bicyclic) bond motifs is 1. The molecule has 190 valence electrons. The van der Waals surface area contributed by atoms with Crippen LogP contribution >= 0.6 is 0 Å². The molecule has 6 atom stereocenters. The molecule has 1 saturated carbocycles. The molecule has 1 amide bonds. The van der Waals surface area contributed by atoms with Crippen LogP contribution in [0.3, 0.4) is 0 Å². The number of imidazole rings is 1. The van der Waals surface area contributed by atoms with Crippen LogP contribution in [0.1, 0.15) is 65.4 Å². The molecule has 4 rings (SSSR count). The first-order valence-electron chi connectivity index (χ1n) is 12.0. The summed E-state index contributed by atoms with van der Waals surface area (Å²) in [6.45, 7) is 8.40. The first-order valence-corrected chi connectivity index (χ1v) is 12.0. The molecule has 2 aromatic rings. The Bertz CT molecular complexity index is 1160. The molecule has 1 aliphatic carbocycles. The number of hydrogen-bond donors (Lipinski definition) is 5. The summed E-state index contributed by atoms with van der Waals surface area (Å²) >= 11 is 0. The maximum Gasteiger partial charge on any atom is 0.252 e. The summed E-state index contributed by atoms with van der Waals surface area (Å²) in [5.74, 6) is 5.56. The normalized spacial score (nSPS) is 31.2. The highest BCUT2D eigenvalue weighted by Gasteiger charge is 2.48. The summed E-state index contributed by atoms with van der Waals surface area (Å²) in [7, 11) is 0. The highest BCUT2D eigenvalue weighted by atomic mass is 16.6. The van der Waals surface area contributed by atoms with Crippen LogP contribution in [0.4, 0.5) is 5.82 Å². The fourth-order valence-electron chi connectivity index (χ4n) is 5.18. The van der Waals surface area contributed by atoms with E-state index in [0.29, 0.717) is 13.0 Å². The number of nitrogen functional groups attached to an aromatic ring is 1. The largest absolute Gasteiger partial charge is 0.387 e. The molecule has 0 aromatic carbocycles. The predicted octanol–water partition coefficient (Wildman–Crippen LogP) is 0.483. The molecule has 11 heteroatoms. The molecule has 1 saturated heterocycles. The molecule has 2 aromatic heterocycles. The lowest BCUT2D eigenvalue weighted by Crippen LogP contribution is -2.45. The standard InChI is InChI=1S/C24H34N6O5/c1-5-26-21(33)18-16(31)17(32)22(35-18)30-12-27-15-19(25)28-14(29-20(15)30)9-11-24(34)10-7-6-8-13(24)23(2,3)4/h12-13,16-18,22,31-32,34H,5-8,10H2,1-4H3,(H,26,33)(H2,25,28,29)/t13?,16-,17+,18+,22-,24?/m1/s1. The Morgan fingerprint density at radius 1 is 1.31 bits per heavy atom. The van der Waals surface area contributed by atoms with Crippen molar-refractivity contribution in [3.8, 4) is 11.8 Å². The number of nitrogens with two attached hydrogens (primary N) is 1. The third-order valence-corrected chi connectivity index (χ3v) is 6.88. The monoisotopic (exact) mass is 486 g/mol. The van der Waals surface area contributed by atoms with Crippen LogP contribution in [0.5, 0.6) is 0 Å². The van der Waals surface area contributed by atoms with E-state index in [1.54, 1.807) is 6.92 Å². The van der Waals surface area contributed by atoms with Crippen LogP contribution in [-0.4, -0.2) is 71.2 Å². The summed E-state index contributed by atoms with van der Waals surface area (Å²) in [5, 5.41) is 34.9. The van der Waals surface area contributed by atoms with Crippen molar-refractivity contribution in [1.29, 1.82) is 0 Å². The summed E-state index contributed by atoms with van der Waals surface area (Å²) in [5.41, 5.74) is 5.32. The van der Waals surface area contributed by atoms with Crippen LogP contribution in [0, 0.1) is 23.2 Å². The average molecular weight is 487 g/mol. The van der Waals surface area contributed by atoms with Gasteiger partial charge in [0.2, 0.25) is 5.82 Å². The van der Waals surface area contributed by atoms with Crippen LogP contribution in [0.15, 0.2) is 6.33 Å². The van der Waals surface area contributed by atoms with Gasteiger partial charge in [0.1, 0.15) is 23.3 Å². The zero-order valence-electron chi connectivity index (χ0n) is 20.5. The van der Waals surface area contributed by atoms with Crippen LogP contribution in [-0.2, 0) is 9.53 Å². The number of aliphatic hydroxyl groups excluding tert-OH is 2. The van der Waals surface area contributed by atoms with Crippen LogP contribution in [0.25, 0.3) is 11.2 Å². The summed E-state index contributed by atoms with van der Waals surface area (Å²) in [4.78, 5) is 25.1. The highest BCUT2D eigenvalue weighted by Crippen LogP contribution is 2.44. The van der Waals surface area contributed by atoms with Gasteiger partial charge in [0.05, 0.1) is 6.33 Å². The first-order chi connectivity index (χ1) is 16.5. The van der Waals surface area contributed by atoms with E-state index in [9.17, 15) is 20.1 Å². The maximum atomic E-state index is 12.2. The van der Waals surface area contributed by atoms with Gasteiger partial charge < -0.3 is 31.1 Å². The zero-order valence-corrected chi connectivity index (χ0v) is 20.5. The Kier molecular flexibility index (Phi) is 6.76. The summed E-state index contributed by atoms with van der Waals surface area (Å²) in [6.07, 6.45) is -0.456. The molecule has 2 unspecified atom stereocenters. The fraction of sp³-hybridized carbons (Fsp3) is 0.667. The van der Waals surface area contributed by atoms with Crippen molar-refractivity contribution in [2.45, 2.75) is 83.5 Å². The fourth-order valence-corrected chi connectivity index (χ4v) is 5.18. The third-order valence-electron chi connectivity index (χ3n) is 6.88. The lowest BCUT2D eigenvalue weighted by molar-refractivity contribution is -0.137. The van der Waals surface area contributed by atoms with Gasteiger partial charge in [-0.15, -0.1) is 0 Å². The number of amides is 1. The van der Waals surface area contributed by atoms with E-state index in [2.05, 4.69) is 52.9 Å². The number of aliphatic hydroxyl groups is 3. The molecular formula is C24H34N6O5. The molecule has 0 radical (unpaired) electrons. The topological polar surface area (TPSA) is 169 Å². The number of anilines is 1. The maximum absolute atomic E-state index is 12.2. The number of nitrogens with one attached hydrogen (secondary N) is 1. The molecule has 11 nitrogen and oxygen atoms in total. The van der Waals surface area contributed by atoms with Crippen molar-refractivity contribution in [3.63, 3.8) is 0 Å². The third kappa shape index (κ3) is 4.71. The van der Waals surface area contributed by atoms with Gasteiger partial charge in [0.25, 0.3) is 5.91 Å². The van der Waals surface area contributed by atoms with Crippen molar-refractivity contribution >= 4 is 22.9 Å². The molecule has 6 N–H and O–H groups in total. The van der Waals surface area contributed by atoms with Crippen molar-refractivity contribution in [3.05, 3.63) is 12.2 Å². The number of aromatic nitrogens is 4. The molecular weight excluding hydrogens is 452 g/mol. The van der Waals surface area contributed by atoms with Crippen molar-refractivity contribution in [1.82, 2.24) is 24.8 Å². The van der Waals surface area contributed by atoms with E-state index >= 15 is 0 Å². The van der Waals surface area contributed by atoms with Gasteiger partial charge in [-0.3, -0.25) is 9.36 Å². The number of hydrogen-bond acceptors (Lipinski definition) is 9. The zero-order chi connectivity index (χ0) is 25.5. The number of nitrogens with zero attached hydrogens (tertiary/aromatic N) is 4. The molecule has 35 heavy (non-hydrogen) atoms. The van der Waals surface area contributed by atoms with Gasteiger partial charge in [-0.05, 0) is 37.5 Å². The van der Waals surface area contributed by atoms with Gasteiger partial charge in [0.15, 0.2) is 23.8 Å². The number of ether oxygens (including phenoxy) is 1. The van der Waals surface area contributed by atoms with E-state index in [4.69, 9.17) is 10.5 Å². The minimum atomic E-state index is -1.43. The number of carbonyl (C=O) groups is 1. The minimum absolute atomic E-state index is 0.00224. The SMILES string of the molecule is CCNC(=O)[C@H]1O[C@@H](n2cnc3c(N)nc(C#CC4(O)CCCCC4C(C)(C)C)nc32)[C@@H](O)[C@H]1O. The minimum Gasteiger partial charge on any atom is -0.387 e. The average Bonchev–Trinajstić information content (AvgIpc) is 3.33. The quantitative estimate of drug-likeness (QED) is 0.387. The number of rotatable bonds is 3. The van der Waals surface area contributed by atoms with Gasteiger partial charge in [0, 0.05) is 12.5 Å². The second kappa shape index (κ2) is 9.35. The second-order valence-corrected chi connectivity index (χ2v) is 10.4. The Morgan fingerprint density at radius 3 is 2.74 bits per heavy atom. The lowest BCUT2D eigenvalue weighted by atomic mass is 9.64. The Hall–Kier alpha value is -2.78. The summed E-state index contributed by atoms with van der Waals surface area (Å²) in [6, 6.07) is 0. The number of likely N-dealkylation sites (N-methyl/N-ethyl adjacent to an activating group) is 1. The van der Waals surface area contributed by atoms with Gasteiger partial charge in [-0.2, -0.15) is 0 Å². The molecule has 0 bridgehead atoms. The summed E-state index contributed by atoms with van der Waals surface area (Å²) < 4.78 is 7.09. The van der Waals surface area contributed by atoms with E-state index in [-0.39, 0.29) is 34.1 Å². The van der Waals surface area contributed by atoms with E-state index in [1.807, 2.05) is 0 Å². The first kappa shape index (κ1) is 25.3. The molecule has 2 fully saturated rings. The van der Waals surface area contributed by atoms with Crippen LogP contribution in [0.2, 0.25) is 0 Å². The van der Waals surface area contributed by atoms with Crippen molar-refractivity contribution in [2.24, 2.45) is 11.3 Å². The lowest BCUT2D eigenvalue weighted by Gasteiger charge is -2.43. The van der Waals surface area contributed by atoms with Gasteiger partial charge in [-0.1, -0.05) is 33.1 Å². The smallest absolute Gasteiger partial charge is 0.252 e. The van der Waals surface area contributed by atoms with Crippen molar-refractivity contribution in [2.75, 3.05) is 12.3 Å². The van der Waals surface area contributed by atoms with E-state index in [1.165, 1.54) is 10.9 Å². The van der Waals surface area contributed by atoms with Crippen molar-refractivity contribution < 1.29 is 24.9 Å². The highest BCUT2D eigenvalue weighted by molar-refractivity contribution is 5.83. The Balaban J connectivity index is 1.69. The molecule has 3 heterocycles. The van der Waals surface area contributed by atoms with Gasteiger partial charge in [-0.25, -0.2) is 15.0 Å². The molecule has 2 aliphatic rings. The van der Waals surface area contributed by atoms with Crippen LogP contribution < -0.4 is 11.1 Å². The predicted molar refractivity (Wildman–Crippen MR) is 128 cm³/mol. The molecule has 0 spiro atoms. The van der Waals surface area contributed by atoms with E-state index < -0.39 is 36.0 Å². The van der Waals surface area contributed by atoms with Gasteiger partial charge >= 0.3 is 0 Å². The molecule has 1 aliphatic heterocycles.